The average molecular weight is 174 g/mol. The lowest BCUT2D eigenvalue weighted by Gasteiger charge is -1.98. The molecule has 0 unspecified atom stereocenters. The van der Waals surface area contributed by atoms with E-state index >= 15 is 0 Å². The Kier molecular flexibility index (Phi) is 0.514. The summed E-state index contributed by atoms with van der Waals surface area (Å²) < 4.78 is 62.7. The molecule has 0 aromatic heterocycles. The Hall–Kier alpha value is -1.56. The van der Waals surface area contributed by atoms with Crippen molar-refractivity contribution >= 4 is 0 Å². The zero-order valence-corrected chi connectivity index (χ0v) is 6.71. The lowest BCUT2D eigenvalue weighted by Crippen LogP contribution is -1.77. The lowest BCUT2D eigenvalue weighted by atomic mass is 10.1. The second-order valence-corrected chi connectivity index (χ2v) is 2.88. The summed E-state index contributed by atoms with van der Waals surface area (Å²) >= 11 is 0. The van der Waals surface area contributed by atoms with E-state index in [1.807, 2.05) is 0 Å². The van der Waals surface area contributed by atoms with Crippen LogP contribution in [0.3, 0.4) is 0 Å². The summed E-state index contributed by atoms with van der Waals surface area (Å²) in [4.78, 5) is 0. The minimum Gasteiger partial charge on any atom is -0.0619 e. The third kappa shape index (κ3) is 0.919. The van der Waals surface area contributed by atoms with E-state index in [1.165, 1.54) is 0 Å². The van der Waals surface area contributed by atoms with Crippen molar-refractivity contribution < 1.29 is 11.0 Å². The average Bonchev–Trinajstić information content (AvgIpc) is 2.87. The summed E-state index contributed by atoms with van der Waals surface area (Å²) in [5.41, 5.74) is 1.07. The Morgan fingerprint density at radius 1 is 0.769 bits per heavy atom. The molecule has 3 rings (SSSR count). The molecule has 0 N–H and O–H groups in total. The SMILES string of the molecule is [2H]c1c([2H])c([2H])c2c(c1[2H])Cc1c([2H])c([2H])c([2H])c([2H])c1-2. The molecule has 0 radical (unpaired) electrons. The van der Waals surface area contributed by atoms with Gasteiger partial charge in [-0.2, -0.15) is 0 Å². The van der Waals surface area contributed by atoms with E-state index in [0.29, 0.717) is 11.1 Å². The monoisotopic (exact) mass is 174 g/mol. The molecule has 0 fully saturated rings. The van der Waals surface area contributed by atoms with Gasteiger partial charge in [-0.3, -0.25) is 0 Å². The highest BCUT2D eigenvalue weighted by Gasteiger charge is 2.15. The molecule has 13 heavy (non-hydrogen) atoms. The zero-order chi connectivity index (χ0) is 15.6. The van der Waals surface area contributed by atoms with Crippen LogP contribution in [0.25, 0.3) is 11.1 Å². The van der Waals surface area contributed by atoms with Gasteiger partial charge in [0.05, 0.1) is 11.0 Å². The van der Waals surface area contributed by atoms with E-state index in [2.05, 4.69) is 0 Å². The van der Waals surface area contributed by atoms with E-state index in [0.717, 1.165) is 0 Å². The summed E-state index contributed by atoms with van der Waals surface area (Å²) in [6.45, 7) is 0. The van der Waals surface area contributed by atoms with Gasteiger partial charge in [0, 0.05) is 0 Å². The van der Waals surface area contributed by atoms with Crippen molar-refractivity contribution in [3.63, 3.8) is 0 Å². The Labute approximate surface area is 89.1 Å². The molecule has 0 heterocycles. The fourth-order valence-corrected chi connectivity index (χ4v) is 1.55. The van der Waals surface area contributed by atoms with E-state index in [1.54, 1.807) is 0 Å². The fraction of sp³-hybridized carbons (Fsp3) is 0.0769. The number of benzene rings is 2. The highest BCUT2D eigenvalue weighted by atomic mass is 14.2. The third-order valence-corrected chi connectivity index (χ3v) is 2.13. The third-order valence-electron chi connectivity index (χ3n) is 2.13. The smallest absolute Gasteiger partial charge is 0.0619 e. The Morgan fingerprint density at radius 3 is 1.77 bits per heavy atom. The molecule has 0 saturated heterocycles. The molecule has 0 saturated carbocycles. The first-order valence-corrected chi connectivity index (χ1v) is 3.96. The van der Waals surface area contributed by atoms with Gasteiger partial charge in [0.1, 0.15) is 0 Å². The zero-order valence-electron chi connectivity index (χ0n) is 14.7. The molecule has 1 aliphatic carbocycles. The maximum atomic E-state index is 7.99. The van der Waals surface area contributed by atoms with E-state index in [9.17, 15) is 0 Å². The molecular weight excluding hydrogens is 156 g/mol. The largest absolute Gasteiger partial charge is 0.0629 e. The van der Waals surface area contributed by atoms with Crippen molar-refractivity contribution in [1.82, 2.24) is 0 Å². The van der Waals surface area contributed by atoms with E-state index in [4.69, 9.17) is 11.0 Å². The molecule has 0 heteroatoms. The van der Waals surface area contributed by atoms with Crippen molar-refractivity contribution in [2.24, 2.45) is 0 Å². The van der Waals surface area contributed by atoms with Gasteiger partial charge >= 0.3 is 0 Å². The molecule has 2 aromatic rings. The molecule has 0 bridgehead atoms. The summed E-state index contributed by atoms with van der Waals surface area (Å²) in [7, 11) is 0. The van der Waals surface area contributed by atoms with Crippen molar-refractivity contribution in [3.05, 3.63) is 59.5 Å². The van der Waals surface area contributed by atoms with Crippen molar-refractivity contribution in [3.8, 4) is 11.1 Å². The molecule has 0 atom stereocenters. The van der Waals surface area contributed by atoms with Crippen molar-refractivity contribution in [2.75, 3.05) is 0 Å². The predicted molar refractivity (Wildman–Crippen MR) is 54.7 cm³/mol. The highest BCUT2D eigenvalue weighted by molar-refractivity contribution is 5.76. The van der Waals surface area contributed by atoms with Gasteiger partial charge < -0.3 is 0 Å². The van der Waals surface area contributed by atoms with Gasteiger partial charge in [-0.15, -0.1) is 0 Å². The first-order chi connectivity index (χ1) is 9.77. The molecule has 0 nitrogen and oxygen atoms in total. The van der Waals surface area contributed by atoms with Crippen LogP contribution in [0.5, 0.6) is 0 Å². The minimum absolute atomic E-state index is 0.0956. The normalized spacial score (nSPS) is 20.9. The van der Waals surface area contributed by atoms with Crippen LogP contribution < -0.4 is 0 Å². The van der Waals surface area contributed by atoms with E-state index in [-0.39, 0.29) is 65.9 Å². The molecule has 0 spiro atoms. The quantitative estimate of drug-likeness (QED) is 0.490. The Morgan fingerprint density at radius 2 is 1.23 bits per heavy atom. The van der Waals surface area contributed by atoms with Gasteiger partial charge in [0.25, 0.3) is 0 Å². The Balaban J connectivity index is 2.49. The maximum absolute atomic E-state index is 7.99. The molecule has 1 aliphatic rings. The summed E-state index contributed by atoms with van der Waals surface area (Å²) in [6, 6.07) is -2.34. The van der Waals surface area contributed by atoms with Crippen LogP contribution in [0.2, 0.25) is 0 Å². The summed E-state index contributed by atoms with van der Waals surface area (Å²) in [5, 5.41) is 0. The van der Waals surface area contributed by atoms with Crippen LogP contribution >= 0.6 is 0 Å². The number of fused-ring (bicyclic) bond motifs is 3. The minimum atomic E-state index is -0.390. The standard InChI is InChI=1S/C13H10/c1-3-7-12-10(5-1)9-11-6-2-4-8-13(11)12/h1-8H,9H2/i1D,2D,3D,4D,5D,6D,7D,8D. The lowest BCUT2D eigenvalue weighted by molar-refractivity contribution is 1.26. The topological polar surface area (TPSA) is 0 Å². The van der Waals surface area contributed by atoms with Crippen LogP contribution in [0, 0.1) is 0 Å². The highest BCUT2D eigenvalue weighted by Crippen LogP contribution is 2.35. The second-order valence-electron chi connectivity index (χ2n) is 2.88. The van der Waals surface area contributed by atoms with Gasteiger partial charge in [-0.05, 0) is 28.7 Å². The van der Waals surface area contributed by atoms with Crippen molar-refractivity contribution in [1.29, 1.82) is 0 Å². The maximum Gasteiger partial charge on any atom is 0.0629 e. The number of hydrogen-bond donors (Lipinski definition) is 0. The van der Waals surface area contributed by atoms with Crippen LogP contribution in [0.4, 0.5) is 0 Å². The van der Waals surface area contributed by atoms with E-state index < -0.39 is 0 Å². The predicted octanol–water partition coefficient (Wildman–Crippen LogP) is 3.26. The van der Waals surface area contributed by atoms with Gasteiger partial charge in [-0.25, -0.2) is 0 Å². The number of hydrogen-bond acceptors (Lipinski definition) is 0. The summed E-state index contributed by atoms with van der Waals surface area (Å²) in [6.07, 6.45) is 0.0956. The number of rotatable bonds is 0. The molecular formula is C13H10. The van der Waals surface area contributed by atoms with Crippen LogP contribution in [0.1, 0.15) is 22.1 Å². The van der Waals surface area contributed by atoms with Crippen LogP contribution in [0.15, 0.2) is 48.3 Å². The van der Waals surface area contributed by atoms with Gasteiger partial charge in [-0.1, -0.05) is 48.3 Å². The molecule has 0 aliphatic heterocycles. The molecule has 62 valence electrons. The van der Waals surface area contributed by atoms with Gasteiger partial charge in [0.15, 0.2) is 0 Å². The molecule has 0 amide bonds. The van der Waals surface area contributed by atoms with Crippen LogP contribution in [-0.2, 0) is 6.42 Å². The van der Waals surface area contributed by atoms with Gasteiger partial charge in [0.2, 0.25) is 0 Å². The summed E-state index contributed by atoms with van der Waals surface area (Å²) in [5.74, 6) is 0. The Bertz CT molecular complexity index is 742. The first-order valence-electron chi connectivity index (χ1n) is 7.96. The first kappa shape index (κ1) is 2.71. The van der Waals surface area contributed by atoms with Crippen molar-refractivity contribution in [2.45, 2.75) is 6.42 Å². The van der Waals surface area contributed by atoms with Crippen LogP contribution in [-0.4, -0.2) is 0 Å². The second kappa shape index (κ2) is 2.46. The molecule has 2 aromatic carbocycles. The fourth-order valence-electron chi connectivity index (χ4n) is 1.55.